The smallest absolute Gasteiger partial charge is 0.237 e. The predicted molar refractivity (Wildman–Crippen MR) is 105 cm³/mol. The molecule has 1 unspecified atom stereocenters. The van der Waals surface area contributed by atoms with Gasteiger partial charge < -0.3 is 20.5 Å². The van der Waals surface area contributed by atoms with Crippen molar-refractivity contribution in [2.24, 2.45) is 11.7 Å². The first-order valence-corrected chi connectivity index (χ1v) is 9.43. The van der Waals surface area contributed by atoms with E-state index in [9.17, 15) is 4.79 Å². The maximum atomic E-state index is 12.6. The highest BCUT2D eigenvalue weighted by atomic mass is 35.5. The second-order valence-electron chi connectivity index (χ2n) is 7.10. The molecule has 7 heteroatoms. The molecule has 1 aromatic carbocycles. The van der Waals surface area contributed by atoms with E-state index >= 15 is 0 Å². The van der Waals surface area contributed by atoms with Crippen LogP contribution in [0.1, 0.15) is 31.2 Å². The van der Waals surface area contributed by atoms with Crippen molar-refractivity contribution in [3.63, 3.8) is 0 Å². The van der Waals surface area contributed by atoms with E-state index in [1.165, 1.54) is 0 Å². The molecule has 2 saturated heterocycles. The number of benzene rings is 1. The van der Waals surface area contributed by atoms with Gasteiger partial charge in [-0.15, -0.1) is 12.4 Å². The third-order valence-corrected chi connectivity index (χ3v) is 5.80. The normalized spacial score (nSPS) is 21.5. The number of ether oxygens (including phenoxy) is 2. The molecule has 2 aliphatic rings. The van der Waals surface area contributed by atoms with Crippen molar-refractivity contribution in [3.05, 3.63) is 34.9 Å². The molecule has 1 atom stereocenters. The first-order chi connectivity index (χ1) is 12.1. The molecule has 2 fully saturated rings. The van der Waals surface area contributed by atoms with Crippen LogP contribution in [0.15, 0.2) is 24.3 Å². The maximum Gasteiger partial charge on any atom is 0.237 e. The van der Waals surface area contributed by atoms with E-state index in [4.69, 9.17) is 26.8 Å². The van der Waals surface area contributed by atoms with Gasteiger partial charge in [-0.3, -0.25) is 4.79 Å². The van der Waals surface area contributed by atoms with E-state index in [2.05, 4.69) is 11.4 Å². The van der Waals surface area contributed by atoms with Gasteiger partial charge in [0.25, 0.3) is 0 Å². The highest BCUT2D eigenvalue weighted by Gasteiger charge is 2.36. The Labute approximate surface area is 166 Å². The number of nitrogens with one attached hydrogen (secondary N) is 1. The molecule has 0 bridgehead atoms. The Hall–Kier alpha value is -0.850. The number of rotatable bonds is 5. The van der Waals surface area contributed by atoms with Crippen molar-refractivity contribution < 1.29 is 14.3 Å². The zero-order valence-electron chi connectivity index (χ0n) is 14.9. The van der Waals surface area contributed by atoms with Gasteiger partial charge in [0.1, 0.15) is 0 Å². The van der Waals surface area contributed by atoms with Crippen LogP contribution in [0.5, 0.6) is 0 Å². The van der Waals surface area contributed by atoms with Crippen LogP contribution < -0.4 is 11.1 Å². The predicted octanol–water partition coefficient (Wildman–Crippen LogP) is 2.68. The molecule has 3 N–H and O–H groups in total. The van der Waals surface area contributed by atoms with Crippen LogP contribution in [0.4, 0.5) is 0 Å². The van der Waals surface area contributed by atoms with Gasteiger partial charge >= 0.3 is 0 Å². The number of amides is 1. The number of hydrogen-bond acceptors (Lipinski definition) is 4. The monoisotopic (exact) mass is 402 g/mol. The lowest BCUT2D eigenvalue weighted by Gasteiger charge is -2.38. The van der Waals surface area contributed by atoms with Gasteiger partial charge in [-0.25, -0.2) is 0 Å². The van der Waals surface area contributed by atoms with E-state index in [0.29, 0.717) is 38.0 Å². The average molecular weight is 403 g/mol. The number of nitrogens with two attached hydrogens (primary N) is 1. The van der Waals surface area contributed by atoms with Crippen LogP contribution >= 0.6 is 24.0 Å². The fourth-order valence-electron chi connectivity index (χ4n) is 3.81. The molecule has 0 spiro atoms. The molecular formula is C19H28Cl2N2O3. The van der Waals surface area contributed by atoms with Crippen molar-refractivity contribution in [1.29, 1.82) is 0 Å². The van der Waals surface area contributed by atoms with E-state index in [-0.39, 0.29) is 29.6 Å². The van der Waals surface area contributed by atoms with Crippen LogP contribution in [0, 0.1) is 5.92 Å². The van der Waals surface area contributed by atoms with Gasteiger partial charge in [-0.2, -0.15) is 0 Å². The fraction of sp³-hybridized carbons (Fsp3) is 0.632. The second-order valence-corrected chi connectivity index (χ2v) is 7.53. The summed E-state index contributed by atoms with van der Waals surface area (Å²) in [5, 5.41) is 3.82. The van der Waals surface area contributed by atoms with Gasteiger partial charge in [-0.05, 0) is 49.3 Å². The molecular weight excluding hydrogens is 375 g/mol. The Kier molecular flexibility index (Phi) is 8.17. The third kappa shape index (κ3) is 5.11. The number of carbonyl (C=O) groups is 1. The molecule has 2 heterocycles. The molecule has 0 saturated carbocycles. The highest BCUT2D eigenvalue weighted by Crippen LogP contribution is 2.35. The summed E-state index contributed by atoms with van der Waals surface area (Å²) in [6.07, 6.45) is 3.42. The van der Waals surface area contributed by atoms with Gasteiger partial charge in [0.15, 0.2) is 0 Å². The zero-order valence-corrected chi connectivity index (χ0v) is 16.5. The Morgan fingerprint density at radius 1 is 1.23 bits per heavy atom. The molecule has 146 valence electrons. The van der Waals surface area contributed by atoms with E-state index in [1.54, 1.807) is 0 Å². The molecule has 0 aliphatic carbocycles. The number of carbonyl (C=O) groups excluding carboxylic acids is 1. The van der Waals surface area contributed by atoms with Gasteiger partial charge in [-0.1, -0.05) is 23.7 Å². The Morgan fingerprint density at radius 2 is 1.88 bits per heavy atom. The van der Waals surface area contributed by atoms with E-state index in [1.807, 2.05) is 18.2 Å². The average Bonchev–Trinajstić information content (AvgIpc) is 2.67. The first-order valence-electron chi connectivity index (χ1n) is 9.06. The summed E-state index contributed by atoms with van der Waals surface area (Å²) in [6, 6.07) is 7.45. The zero-order chi connectivity index (χ0) is 17.7. The summed E-state index contributed by atoms with van der Waals surface area (Å²) in [5.41, 5.74) is 7.21. The Balaban J connectivity index is 0.00000243. The molecule has 1 amide bonds. The van der Waals surface area contributed by atoms with Crippen LogP contribution in [-0.2, 0) is 19.7 Å². The standard InChI is InChI=1S/C19H27ClN2O3.ClH/c20-16-3-1-2-15(12-16)19(6-10-25-11-7-19)13-22-18(23)17(21)14-4-8-24-9-5-14;/h1-3,12,14,17H,4-11,13,21H2,(H,22,23);1H. The Morgan fingerprint density at radius 3 is 2.54 bits per heavy atom. The minimum atomic E-state index is -0.472. The summed E-state index contributed by atoms with van der Waals surface area (Å²) in [5.74, 6) is 0.130. The van der Waals surface area contributed by atoms with Gasteiger partial charge in [0.05, 0.1) is 6.04 Å². The number of hydrogen-bond donors (Lipinski definition) is 2. The topological polar surface area (TPSA) is 73.6 Å². The Bertz CT molecular complexity index is 588. The van der Waals surface area contributed by atoms with Crippen molar-refractivity contribution in [2.75, 3.05) is 33.0 Å². The summed E-state index contributed by atoms with van der Waals surface area (Å²) >= 11 is 6.19. The quantitative estimate of drug-likeness (QED) is 0.793. The highest BCUT2D eigenvalue weighted by molar-refractivity contribution is 6.30. The minimum absolute atomic E-state index is 0. The van der Waals surface area contributed by atoms with E-state index in [0.717, 1.165) is 31.2 Å². The lowest BCUT2D eigenvalue weighted by molar-refractivity contribution is -0.124. The van der Waals surface area contributed by atoms with Crippen LogP contribution in [-0.4, -0.2) is 44.9 Å². The summed E-state index contributed by atoms with van der Waals surface area (Å²) < 4.78 is 10.9. The molecule has 3 rings (SSSR count). The SMILES string of the molecule is Cl.NC(C(=O)NCC1(c2cccc(Cl)c2)CCOCC1)C1CCOCC1. The maximum absolute atomic E-state index is 12.6. The second kappa shape index (κ2) is 9.90. The summed E-state index contributed by atoms with van der Waals surface area (Å²) in [7, 11) is 0. The van der Waals surface area contributed by atoms with Crippen molar-refractivity contribution in [1.82, 2.24) is 5.32 Å². The van der Waals surface area contributed by atoms with Crippen molar-refractivity contribution >= 4 is 29.9 Å². The summed E-state index contributed by atoms with van der Waals surface area (Å²) in [6.45, 7) is 3.32. The lowest BCUT2D eigenvalue weighted by Crippen LogP contribution is -2.51. The first kappa shape index (κ1) is 21.5. The molecule has 0 aromatic heterocycles. The lowest BCUT2D eigenvalue weighted by atomic mass is 9.74. The van der Waals surface area contributed by atoms with Crippen LogP contribution in [0.3, 0.4) is 0 Å². The molecule has 2 aliphatic heterocycles. The molecule has 26 heavy (non-hydrogen) atoms. The van der Waals surface area contributed by atoms with Crippen molar-refractivity contribution in [3.8, 4) is 0 Å². The third-order valence-electron chi connectivity index (χ3n) is 5.56. The van der Waals surface area contributed by atoms with Crippen LogP contribution in [0.25, 0.3) is 0 Å². The number of halogens is 2. The molecule has 5 nitrogen and oxygen atoms in total. The molecule has 1 aromatic rings. The van der Waals surface area contributed by atoms with Gasteiger partial charge in [0.2, 0.25) is 5.91 Å². The fourth-order valence-corrected chi connectivity index (χ4v) is 4.00. The van der Waals surface area contributed by atoms with Crippen molar-refractivity contribution in [2.45, 2.75) is 37.1 Å². The minimum Gasteiger partial charge on any atom is -0.381 e. The van der Waals surface area contributed by atoms with Crippen LogP contribution in [0.2, 0.25) is 5.02 Å². The largest absolute Gasteiger partial charge is 0.381 e. The van der Waals surface area contributed by atoms with Gasteiger partial charge in [0, 0.05) is 43.4 Å². The molecule has 0 radical (unpaired) electrons. The van der Waals surface area contributed by atoms with E-state index < -0.39 is 6.04 Å². The summed E-state index contributed by atoms with van der Waals surface area (Å²) in [4.78, 5) is 12.6.